The van der Waals surface area contributed by atoms with Crippen LogP contribution in [-0.2, 0) is 9.53 Å². The smallest absolute Gasteiger partial charge is 0.225 e. The highest BCUT2D eigenvalue weighted by Gasteiger charge is 2.40. The number of rotatable bonds is 5. The summed E-state index contributed by atoms with van der Waals surface area (Å²) in [5.41, 5.74) is 0. The van der Waals surface area contributed by atoms with Crippen LogP contribution in [0.25, 0.3) is 0 Å². The summed E-state index contributed by atoms with van der Waals surface area (Å²) in [6.45, 7) is 3.48. The zero-order chi connectivity index (χ0) is 10.7. The molecule has 0 saturated heterocycles. The van der Waals surface area contributed by atoms with E-state index < -0.39 is 0 Å². The first-order valence-corrected chi connectivity index (χ1v) is 5.85. The van der Waals surface area contributed by atoms with Gasteiger partial charge in [0.1, 0.15) is 0 Å². The van der Waals surface area contributed by atoms with E-state index in [4.69, 9.17) is 4.74 Å². The fourth-order valence-electron chi connectivity index (χ4n) is 1.57. The summed E-state index contributed by atoms with van der Waals surface area (Å²) in [5.74, 6) is 1.14. The maximum atomic E-state index is 11.7. The third-order valence-electron chi connectivity index (χ3n) is 2.62. The van der Waals surface area contributed by atoms with Gasteiger partial charge in [0.25, 0.3) is 0 Å². The zero-order valence-electron chi connectivity index (χ0n) is 9.00. The minimum Gasteiger partial charge on any atom is -0.383 e. The van der Waals surface area contributed by atoms with Crippen molar-refractivity contribution in [1.82, 2.24) is 4.90 Å². The molecule has 0 N–H and O–H groups in total. The van der Waals surface area contributed by atoms with Gasteiger partial charge in [-0.3, -0.25) is 4.79 Å². The van der Waals surface area contributed by atoms with Crippen LogP contribution in [0.5, 0.6) is 0 Å². The van der Waals surface area contributed by atoms with Crippen LogP contribution >= 0.6 is 15.9 Å². The first-order valence-electron chi connectivity index (χ1n) is 4.94. The third kappa shape index (κ3) is 3.24. The van der Waals surface area contributed by atoms with Crippen molar-refractivity contribution in [1.29, 1.82) is 0 Å². The lowest BCUT2D eigenvalue weighted by molar-refractivity contribution is -0.131. The molecule has 3 nitrogen and oxygen atoms in total. The lowest BCUT2D eigenvalue weighted by atomic mass is 10.3. The van der Waals surface area contributed by atoms with Gasteiger partial charge in [-0.25, -0.2) is 0 Å². The molecule has 0 aliphatic heterocycles. The molecule has 3 unspecified atom stereocenters. The Morgan fingerprint density at radius 2 is 2.29 bits per heavy atom. The van der Waals surface area contributed by atoms with Gasteiger partial charge in [0.05, 0.1) is 11.4 Å². The van der Waals surface area contributed by atoms with Crippen LogP contribution in [-0.4, -0.2) is 42.9 Å². The van der Waals surface area contributed by atoms with Crippen molar-refractivity contribution >= 4 is 21.8 Å². The normalized spacial score (nSPS) is 27.1. The Morgan fingerprint density at radius 3 is 2.71 bits per heavy atom. The van der Waals surface area contributed by atoms with E-state index in [2.05, 4.69) is 22.9 Å². The summed E-state index contributed by atoms with van der Waals surface area (Å²) in [7, 11) is 3.52. The van der Waals surface area contributed by atoms with Gasteiger partial charge in [-0.2, -0.15) is 0 Å². The summed E-state index contributed by atoms with van der Waals surface area (Å²) >= 11 is 3.47. The number of methoxy groups -OCH3 is 1. The van der Waals surface area contributed by atoms with Crippen molar-refractivity contribution in [3.05, 3.63) is 0 Å². The number of alkyl halides is 1. The van der Waals surface area contributed by atoms with E-state index in [-0.39, 0.29) is 16.7 Å². The lowest BCUT2D eigenvalue weighted by Crippen LogP contribution is -2.34. The highest BCUT2D eigenvalue weighted by Crippen LogP contribution is 2.38. The molecule has 82 valence electrons. The Balaban J connectivity index is 2.26. The number of carbonyl (C=O) groups excluding carboxylic acids is 1. The maximum Gasteiger partial charge on any atom is 0.225 e. The molecule has 0 spiro atoms. The highest BCUT2D eigenvalue weighted by molar-refractivity contribution is 9.09. The number of hydrogen-bond acceptors (Lipinski definition) is 2. The first-order chi connectivity index (χ1) is 6.56. The molecule has 1 aliphatic carbocycles. The number of hydrogen-bond donors (Lipinski definition) is 0. The van der Waals surface area contributed by atoms with Gasteiger partial charge in [0.2, 0.25) is 5.91 Å². The SMILES string of the molecule is COCC(Br)CN(C)C(=O)C1CC1C. The molecular weight excluding hydrogens is 246 g/mol. The molecule has 14 heavy (non-hydrogen) atoms. The molecule has 0 aromatic carbocycles. The minimum atomic E-state index is 0.232. The summed E-state index contributed by atoms with van der Waals surface area (Å²) in [5, 5.41) is 0. The summed E-state index contributed by atoms with van der Waals surface area (Å²) < 4.78 is 5.00. The monoisotopic (exact) mass is 263 g/mol. The maximum absolute atomic E-state index is 11.7. The van der Waals surface area contributed by atoms with Gasteiger partial charge in [-0.05, 0) is 12.3 Å². The molecular formula is C10H18BrNO2. The van der Waals surface area contributed by atoms with Crippen molar-refractivity contribution in [3.8, 4) is 0 Å². The van der Waals surface area contributed by atoms with Crippen molar-refractivity contribution in [2.24, 2.45) is 11.8 Å². The molecule has 1 fully saturated rings. The number of ether oxygens (including phenoxy) is 1. The van der Waals surface area contributed by atoms with E-state index >= 15 is 0 Å². The summed E-state index contributed by atoms with van der Waals surface area (Å²) in [6.07, 6.45) is 1.06. The van der Waals surface area contributed by atoms with Crippen LogP contribution in [0, 0.1) is 11.8 Å². The van der Waals surface area contributed by atoms with Gasteiger partial charge in [-0.1, -0.05) is 22.9 Å². The third-order valence-corrected chi connectivity index (χ3v) is 3.18. The average Bonchev–Trinajstić information content (AvgIpc) is 2.81. The predicted molar refractivity (Wildman–Crippen MR) is 59.5 cm³/mol. The number of halogens is 1. The molecule has 1 amide bonds. The van der Waals surface area contributed by atoms with Gasteiger partial charge >= 0.3 is 0 Å². The van der Waals surface area contributed by atoms with Gasteiger partial charge < -0.3 is 9.64 Å². The molecule has 0 bridgehead atoms. The molecule has 1 saturated carbocycles. The van der Waals surface area contributed by atoms with Crippen LogP contribution in [0.4, 0.5) is 0 Å². The van der Waals surface area contributed by atoms with Crippen molar-refractivity contribution in [2.45, 2.75) is 18.2 Å². The van der Waals surface area contributed by atoms with Crippen molar-refractivity contribution in [2.75, 3.05) is 27.3 Å². The topological polar surface area (TPSA) is 29.5 Å². The van der Waals surface area contributed by atoms with Crippen LogP contribution in [0.15, 0.2) is 0 Å². The largest absolute Gasteiger partial charge is 0.383 e. The van der Waals surface area contributed by atoms with E-state index in [0.29, 0.717) is 12.5 Å². The van der Waals surface area contributed by atoms with Gasteiger partial charge in [0.15, 0.2) is 0 Å². The van der Waals surface area contributed by atoms with Crippen LogP contribution < -0.4 is 0 Å². The van der Waals surface area contributed by atoms with E-state index in [1.807, 2.05) is 7.05 Å². The molecule has 0 radical (unpaired) electrons. The van der Waals surface area contributed by atoms with E-state index in [1.54, 1.807) is 12.0 Å². The second-order valence-electron chi connectivity index (χ2n) is 4.09. The van der Waals surface area contributed by atoms with Crippen LogP contribution in [0.1, 0.15) is 13.3 Å². The lowest BCUT2D eigenvalue weighted by Gasteiger charge is -2.20. The summed E-state index contributed by atoms with van der Waals surface area (Å²) in [6, 6.07) is 0. The van der Waals surface area contributed by atoms with Crippen LogP contribution in [0.3, 0.4) is 0 Å². The van der Waals surface area contributed by atoms with Crippen molar-refractivity contribution < 1.29 is 9.53 Å². The standard InChI is InChI=1S/C10H18BrNO2/c1-7-4-9(7)10(13)12(2)5-8(11)6-14-3/h7-9H,4-6H2,1-3H3. The Hall–Kier alpha value is -0.0900. The van der Waals surface area contributed by atoms with E-state index in [9.17, 15) is 4.79 Å². The molecule has 1 rings (SSSR count). The number of carbonyl (C=O) groups is 1. The van der Waals surface area contributed by atoms with E-state index in [0.717, 1.165) is 13.0 Å². The molecule has 4 heteroatoms. The Morgan fingerprint density at radius 1 is 1.71 bits per heavy atom. The Bertz CT molecular complexity index is 210. The van der Waals surface area contributed by atoms with Crippen LogP contribution in [0.2, 0.25) is 0 Å². The first kappa shape index (κ1) is 12.0. The van der Waals surface area contributed by atoms with Crippen molar-refractivity contribution in [3.63, 3.8) is 0 Å². The average molecular weight is 264 g/mol. The molecule has 3 atom stereocenters. The number of amides is 1. The fraction of sp³-hybridized carbons (Fsp3) is 0.900. The fourth-order valence-corrected chi connectivity index (χ4v) is 2.27. The van der Waals surface area contributed by atoms with Gasteiger partial charge in [0, 0.05) is 26.6 Å². The van der Waals surface area contributed by atoms with E-state index in [1.165, 1.54) is 0 Å². The second kappa shape index (κ2) is 5.12. The van der Waals surface area contributed by atoms with Gasteiger partial charge in [-0.15, -0.1) is 0 Å². The predicted octanol–water partition coefficient (Wildman–Crippen LogP) is 1.51. The number of nitrogens with zero attached hydrogens (tertiary/aromatic N) is 1. The Labute approximate surface area is 93.9 Å². The highest BCUT2D eigenvalue weighted by atomic mass is 79.9. The Kier molecular flexibility index (Phi) is 4.38. The quantitative estimate of drug-likeness (QED) is 0.704. The molecule has 0 aromatic heterocycles. The summed E-state index contributed by atoms with van der Waals surface area (Å²) in [4.78, 5) is 13.7. The molecule has 1 aliphatic rings. The minimum absolute atomic E-state index is 0.232. The molecule has 0 heterocycles. The second-order valence-corrected chi connectivity index (χ2v) is 5.39. The molecule has 0 aromatic rings. The zero-order valence-corrected chi connectivity index (χ0v) is 10.6.